The number of hydrogen-bond donors (Lipinski definition) is 1. The van der Waals surface area contributed by atoms with Crippen molar-refractivity contribution in [2.45, 2.75) is 12.8 Å². The molecule has 0 saturated heterocycles. The van der Waals surface area contributed by atoms with E-state index < -0.39 is 5.97 Å². The predicted molar refractivity (Wildman–Crippen MR) is 106 cm³/mol. The molecule has 7 heteroatoms. The number of para-hydroxylation sites is 1. The zero-order valence-electron chi connectivity index (χ0n) is 16.2. The molecule has 0 aliphatic rings. The molecule has 0 aliphatic carbocycles. The van der Waals surface area contributed by atoms with Crippen LogP contribution in [0.3, 0.4) is 0 Å². The highest BCUT2D eigenvalue weighted by Crippen LogP contribution is 2.25. The van der Waals surface area contributed by atoms with Crippen LogP contribution < -0.4 is 20.0 Å². The molecule has 0 aliphatic heterocycles. The lowest BCUT2D eigenvalue weighted by Crippen LogP contribution is -2.27. The van der Waals surface area contributed by atoms with Crippen molar-refractivity contribution in [2.24, 2.45) is 0 Å². The zero-order valence-corrected chi connectivity index (χ0v) is 16.2. The molecule has 1 heterocycles. The van der Waals surface area contributed by atoms with Gasteiger partial charge in [-0.1, -0.05) is 12.1 Å². The van der Waals surface area contributed by atoms with E-state index in [0.717, 1.165) is 5.56 Å². The first-order valence-corrected chi connectivity index (χ1v) is 9.02. The number of hydrogen-bond acceptors (Lipinski definition) is 5. The Morgan fingerprint density at radius 3 is 2.34 bits per heavy atom. The van der Waals surface area contributed by atoms with E-state index in [4.69, 9.17) is 9.47 Å². The summed E-state index contributed by atoms with van der Waals surface area (Å²) in [7, 11) is 3.08. The van der Waals surface area contributed by atoms with Crippen LogP contribution >= 0.6 is 0 Å². The Hall–Kier alpha value is -3.74. The lowest BCUT2D eigenvalue weighted by atomic mass is 10.1. The molecular formula is C22H21N2O5-. The number of carbonyl (C=O) groups excluding carboxylic acids is 2. The van der Waals surface area contributed by atoms with E-state index in [-0.39, 0.29) is 18.7 Å². The molecule has 0 radical (unpaired) electrons. The molecule has 3 aromatic rings. The number of nitrogens with one attached hydrogen (secondary N) is 1. The number of carbonyl (C=O) groups is 2. The highest BCUT2D eigenvalue weighted by molar-refractivity contribution is 6.02. The van der Waals surface area contributed by atoms with E-state index in [1.54, 1.807) is 42.1 Å². The third-order valence-corrected chi connectivity index (χ3v) is 4.50. The number of aromatic nitrogens is 1. The van der Waals surface area contributed by atoms with E-state index in [1.165, 1.54) is 7.11 Å². The Labute approximate surface area is 168 Å². The van der Waals surface area contributed by atoms with Gasteiger partial charge in [0.05, 0.1) is 25.5 Å². The standard InChI is InChI=1S/C22H22N2O5/c1-28-17-11-7-15(8-12-17)19-13-9-16(10-14-21(25)26)24(19)23-22(27)18-5-3-4-6-20(18)29-2/h3-9,11-13H,10,14H2,1-2H3,(H,23,27)(H,25,26)/p-1. The molecule has 0 bridgehead atoms. The number of amides is 1. The van der Waals surface area contributed by atoms with E-state index in [1.807, 2.05) is 30.3 Å². The molecule has 3 rings (SSSR count). The summed E-state index contributed by atoms with van der Waals surface area (Å²) in [6.07, 6.45) is 0.0568. The largest absolute Gasteiger partial charge is 0.550 e. The monoisotopic (exact) mass is 393 g/mol. The second-order valence-corrected chi connectivity index (χ2v) is 6.29. The van der Waals surface area contributed by atoms with Crippen LogP contribution in [-0.4, -0.2) is 30.8 Å². The first kappa shape index (κ1) is 20.0. The number of ether oxygens (including phenoxy) is 2. The number of nitrogens with zero attached hydrogens (tertiary/aromatic N) is 1. The van der Waals surface area contributed by atoms with Crippen LogP contribution in [0.1, 0.15) is 22.5 Å². The van der Waals surface area contributed by atoms with Crippen molar-refractivity contribution < 1.29 is 24.2 Å². The number of aryl methyl sites for hydroxylation is 1. The summed E-state index contributed by atoms with van der Waals surface area (Å²) in [6.45, 7) is 0. The fraction of sp³-hybridized carbons (Fsp3) is 0.182. The molecule has 1 aromatic heterocycles. The first-order chi connectivity index (χ1) is 14.0. The van der Waals surface area contributed by atoms with Gasteiger partial charge in [0.25, 0.3) is 5.91 Å². The molecule has 0 fully saturated rings. The number of carboxylic acid groups (broad SMARTS) is 1. The highest BCUT2D eigenvalue weighted by Gasteiger charge is 2.16. The van der Waals surface area contributed by atoms with Crippen molar-refractivity contribution in [3.05, 3.63) is 71.9 Å². The average Bonchev–Trinajstić information content (AvgIpc) is 3.14. The van der Waals surface area contributed by atoms with Crippen LogP contribution in [0.25, 0.3) is 11.3 Å². The maximum atomic E-state index is 12.9. The van der Waals surface area contributed by atoms with Crippen molar-refractivity contribution in [2.75, 3.05) is 19.6 Å². The first-order valence-electron chi connectivity index (χ1n) is 9.02. The number of rotatable bonds is 8. The summed E-state index contributed by atoms with van der Waals surface area (Å²) >= 11 is 0. The van der Waals surface area contributed by atoms with E-state index in [9.17, 15) is 14.7 Å². The molecule has 0 atom stereocenters. The Morgan fingerprint density at radius 1 is 0.966 bits per heavy atom. The minimum atomic E-state index is -1.15. The zero-order chi connectivity index (χ0) is 20.8. The Balaban J connectivity index is 1.98. The van der Waals surface area contributed by atoms with Gasteiger partial charge in [-0.05, 0) is 61.4 Å². The molecule has 0 unspecified atom stereocenters. The molecule has 0 saturated carbocycles. The van der Waals surface area contributed by atoms with Gasteiger partial charge in [0.2, 0.25) is 0 Å². The minimum Gasteiger partial charge on any atom is -0.550 e. The second-order valence-electron chi connectivity index (χ2n) is 6.29. The Morgan fingerprint density at radius 2 is 1.69 bits per heavy atom. The quantitative estimate of drug-likeness (QED) is 0.634. The van der Waals surface area contributed by atoms with Crippen LogP contribution in [0.4, 0.5) is 0 Å². The molecular weight excluding hydrogens is 372 g/mol. The summed E-state index contributed by atoms with van der Waals surface area (Å²) < 4.78 is 12.1. The van der Waals surface area contributed by atoms with Crippen molar-refractivity contribution in [1.82, 2.24) is 4.68 Å². The number of aliphatic carboxylic acids is 1. The second kappa shape index (κ2) is 8.97. The van der Waals surface area contributed by atoms with Gasteiger partial charge in [0, 0.05) is 17.2 Å². The van der Waals surface area contributed by atoms with Crippen LogP contribution in [0, 0.1) is 0 Å². The van der Waals surface area contributed by atoms with Gasteiger partial charge in [-0.25, -0.2) is 0 Å². The van der Waals surface area contributed by atoms with Gasteiger partial charge < -0.3 is 19.4 Å². The molecule has 150 valence electrons. The highest BCUT2D eigenvalue weighted by atomic mass is 16.5. The van der Waals surface area contributed by atoms with Crippen molar-refractivity contribution >= 4 is 11.9 Å². The average molecular weight is 393 g/mol. The van der Waals surface area contributed by atoms with E-state index in [2.05, 4.69) is 5.43 Å². The Kier molecular flexibility index (Phi) is 6.19. The molecule has 1 amide bonds. The van der Waals surface area contributed by atoms with Gasteiger partial charge >= 0.3 is 0 Å². The lowest BCUT2D eigenvalue weighted by Gasteiger charge is -2.16. The predicted octanol–water partition coefficient (Wildman–Crippen LogP) is 2.24. The number of methoxy groups -OCH3 is 2. The van der Waals surface area contributed by atoms with Gasteiger partial charge in [0.1, 0.15) is 11.5 Å². The van der Waals surface area contributed by atoms with Crippen LogP contribution in [0.2, 0.25) is 0 Å². The maximum absolute atomic E-state index is 12.9. The fourth-order valence-corrected chi connectivity index (χ4v) is 3.02. The Bertz CT molecular complexity index is 1010. The summed E-state index contributed by atoms with van der Waals surface area (Å²) in [4.78, 5) is 23.8. The number of carboxylic acids is 1. The molecule has 7 nitrogen and oxygen atoms in total. The molecule has 0 spiro atoms. The lowest BCUT2D eigenvalue weighted by molar-refractivity contribution is -0.305. The summed E-state index contributed by atoms with van der Waals surface area (Å²) in [6, 6.07) is 17.8. The normalized spacial score (nSPS) is 10.4. The minimum absolute atomic E-state index is 0.156. The van der Waals surface area contributed by atoms with Gasteiger partial charge in [-0.3, -0.25) is 14.9 Å². The van der Waals surface area contributed by atoms with E-state index in [0.29, 0.717) is 28.5 Å². The maximum Gasteiger partial charge on any atom is 0.273 e. The van der Waals surface area contributed by atoms with Gasteiger partial charge in [0.15, 0.2) is 0 Å². The molecule has 2 aromatic carbocycles. The van der Waals surface area contributed by atoms with Crippen molar-refractivity contribution in [1.29, 1.82) is 0 Å². The number of benzene rings is 2. The summed E-state index contributed by atoms with van der Waals surface area (Å²) in [5.74, 6) is -0.371. The van der Waals surface area contributed by atoms with Crippen LogP contribution in [0.15, 0.2) is 60.7 Å². The van der Waals surface area contributed by atoms with Crippen molar-refractivity contribution in [3.8, 4) is 22.8 Å². The molecule has 1 N–H and O–H groups in total. The van der Waals surface area contributed by atoms with Crippen LogP contribution in [-0.2, 0) is 11.2 Å². The van der Waals surface area contributed by atoms with Gasteiger partial charge in [-0.15, -0.1) is 0 Å². The fourth-order valence-electron chi connectivity index (χ4n) is 3.02. The van der Waals surface area contributed by atoms with E-state index >= 15 is 0 Å². The smallest absolute Gasteiger partial charge is 0.273 e. The summed E-state index contributed by atoms with van der Waals surface area (Å²) in [5.41, 5.74) is 5.42. The molecule has 29 heavy (non-hydrogen) atoms. The van der Waals surface area contributed by atoms with Gasteiger partial charge in [-0.2, -0.15) is 0 Å². The van der Waals surface area contributed by atoms with Crippen molar-refractivity contribution in [3.63, 3.8) is 0 Å². The SMILES string of the molecule is COc1ccc(-c2ccc(CCC(=O)[O-])n2NC(=O)c2ccccc2OC)cc1. The summed E-state index contributed by atoms with van der Waals surface area (Å²) in [5, 5.41) is 10.9. The third kappa shape index (κ3) is 4.57. The third-order valence-electron chi connectivity index (χ3n) is 4.50. The topological polar surface area (TPSA) is 92.6 Å². The van der Waals surface area contributed by atoms with Crippen LogP contribution in [0.5, 0.6) is 11.5 Å².